The van der Waals surface area contributed by atoms with E-state index in [0.29, 0.717) is 18.4 Å². The Bertz CT molecular complexity index is 633. The van der Waals surface area contributed by atoms with Crippen molar-refractivity contribution in [2.24, 2.45) is 5.92 Å². The molecule has 0 unspecified atom stereocenters. The Morgan fingerprint density at radius 1 is 1.30 bits per heavy atom. The number of pyridine rings is 1. The van der Waals surface area contributed by atoms with Gasteiger partial charge in [0.05, 0.1) is 6.61 Å². The molecule has 4 nitrogen and oxygen atoms in total. The number of rotatable bonds is 4. The molecule has 1 fully saturated rings. The Balaban J connectivity index is 1.92. The van der Waals surface area contributed by atoms with Gasteiger partial charge in [-0.1, -0.05) is 31.0 Å². The third-order valence-corrected chi connectivity index (χ3v) is 3.86. The topological polar surface area (TPSA) is 59.4 Å². The Morgan fingerprint density at radius 3 is 2.80 bits per heavy atom. The lowest BCUT2D eigenvalue weighted by Crippen LogP contribution is -2.10. The number of hydrogen-bond donors (Lipinski definition) is 1. The summed E-state index contributed by atoms with van der Waals surface area (Å²) in [6.45, 7) is 0.625. The number of carboxylic acids is 1. The van der Waals surface area contributed by atoms with Gasteiger partial charge in [-0.2, -0.15) is 0 Å². The number of aromatic nitrogens is 1. The molecule has 1 saturated carbocycles. The fourth-order valence-corrected chi connectivity index (χ4v) is 2.76. The van der Waals surface area contributed by atoms with Crippen molar-refractivity contribution in [3.63, 3.8) is 0 Å². The normalized spacial score (nSPS) is 15.6. The van der Waals surface area contributed by atoms with E-state index in [1.807, 2.05) is 24.3 Å². The lowest BCUT2D eigenvalue weighted by atomic mass is 10.1. The van der Waals surface area contributed by atoms with Gasteiger partial charge in [-0.05, 0) is 36.3 Å². The molecular formula is C16H17NO3. The van der Waals surface area contributed by atoms with E-state index in [4.69, 9.17) is 9.84 Å². The minimum Gasteiger partial charge on any atom is -0.477 e. The summed E-state index contributed by atoms with van der Waals surface area (Å²) < 4.78 is 5.82. The molecule has 1 aliphatic carbocycles. The molecule has 1 N–H and O–H groups in total. The van der Waals surface area contributed by atoms with Crippen molar-refractivity contribution in [3.8, 4) is 5.88 Å². The van der Waals surface area contributed by atoms with Gasteiger partial charge < -0.3 is 9.84 Å². The van der Waals surface area contributed by atoms with E-state index < -0.39 is 5.97 Å². The molecule has 1 heterocycles. The minimum absolute atomic E-state index is 0.0325. The summed E-state index contributed by atoms with van der Waals surface area (Å²) in [5.41, 5.74) is 0.0325. The number of nitrogens with zero attached hydrogens (tertiary/aromatic N) is 1. The molecule has 0 aliphatic heterocycles. The quantitative estimate of drug-likeness (QED) is 0.924. The standard InChI is InChI=1S/C16H17NO3/c18-16(19)14-9-12-7-3-4-8-13(12)15(17-14)20-10-11-5-1-2-6-11/h3-4,7-9,11H,1-2,5-6,10H2,(H,18,19). The zero-order valence-corrected chi connectivity index (χ0v) is 11.2. The first-order valence-electron chi connectivity index (χ1n) is 7.00. The summed E-state index contributed by atoms with van der Waals surface area (Å²) in [6.07, 6.45) is 4.90. The molecule has 2 aromatic rings. The largest absolute Gasteiger partial charge is 0.477 e. The second kappa shape index (κ2) is 5.49. The van der Waals surface area contributed by atoms with Crippen molar-refractivity contribution in [1.29, 1.82) is 0 Å². The molecule has 104 valence electrons. The SMILES string of the molecule is O=C(O)c1cc2ccccc2c(OCC2CCCC2)n1. The van der Waals surface area contributed by atoms with Crippen molar-refractivity contribution in [2.75, 3.05) is 6.61 Å². The van der Waals surface area contributed by atoms with E-state index in [0.717, 1.165) is 10.8 Å². The van der Waals surface area contributed by atoms with E-state index in [1.54, 1.807) is 6.07 Å². The van der Waals surface area contributed by atoms with Crippen LogP contribution in [0, 0.1) is 5.92 Å². The molecule has 0 radical (unpaired) electrons. The Hall–Kier alpha value is -2.10. The molecule has 0 saturated heterocycles. The van der Waals surface area contributed by atoms with Crippen molar-refractivity contribution in [3.05, 3.63) is 36.0 Å². The van der Waals surface area contributed by atoms with Gasteiger partial charge in [0.15, 0.2) is 5.69 Å². The third kappa shape index (κ3) is 2.59. The summed E-state index contributed by atoms with van der Waals surface area (Å²) in [4.78, 5) is 15.3. The first-order valence-corrected chi connectivity index (χ1v) is 7.00. The summed E-state index contributed by atoms with van der Waals surface area (Å²) in [6, 6.07) is 9.17. The Kier molecular flexibility index (Phi) is 3.54. The lowest BCUT2D eigenvalue weighted by Gasteiger charge is -2.13. The number of aromatic carboxylic acids is 1. The molecule has 0 amide bonds. The highest BCUT2D eigenvalue weighted by atomic mass is 16.5. The van der Waals surface area contributed by atoms with Crippen LogP contribution in [-0.2, 0) is 0 Å². The molecule has 3 rings (SSSR count). The number of hydrogen-bond acceptors (Lipinski definition) is 3. The highest BCUT2D eigenvalue weighted by molar-refractivity contribution is 5.94. The van der Waals surface area contributed by atoms with Crippen LogP contribution in [0.3, 0.4) is 0 Å². The maximum absolute atomic E-state index is 11.1. The van der Waals surface area contributed by atoms with Crippen LogP contribution in [-0.4, -0.2) is 22.7 Å². The molecule has 0 spiro atoms. The number of carboxylic acid groups (broad SMARTS) is 1. The summed E-state index contributed by atoms with van der Waals surface area (Å²) in [5, 5.41) is 10.8. The predicted molar refractivity (Wildman–Crippen MR) is 76.2 cm³/mol. The van der Waals surface area contributed by atoms with Gasteiger partial charge in [0.1, 0.15) is 0 Å². The van der Waals surface area contributed by atoms with Gasteiger partial charge in [0.25, 0.3) is 0 Å². The third-order valence-electron chi connectivity index (χ3n) is 3.86. The van der Waals surface area contributed by atoms with Crippen LogP contribution in [0.1, 0.15) is 36.2 Å². The van der Waals surface area contributed by atoms with Crippen LogP contribution in [0.15, 0.2) is 30.3 Å². The zero-order valence-electron chi connectivity index (χ0n) is 11.2. The average molecular weight is 271 g/mol. The van der Waals surface area contributed by atoms with Crippen LogP contribution < -0.4 is 4.74 Å². The van der Waals surface area contributed by atoms with Gasteiger partial charge in [-0.3, -0.25) is 0 Å². The van der Waals surface area contributed by atoms with E-state index in [2.05, 4.69) is 4.98 Å². The highest BCUT2D eigenvalue weighted by Crippen LogP contribution is 2.28. The summed E-state index contributed by atoms with van der Waals surface area (Å²) in [7, 11) is 0. The predicted octanol–water partition coefficient (Wildman–Crippen LogP) is 3.50. The fourth-order valence-electron chi connectivity index (χ4n) is 2.76. The maximum atomic E-state index is 11.1. The zero-order chi connectivity index (χ0) is 13.9. The second-order valence-corrected chi connectivity index (χ2v) is 5.30. The second-order valence-electron chi connectivity index (χ2n) is 5.30. The van der Waals surface area contributed by atoms with Crippen LogP contribution in [0.4, 0.5) is 0 Å². The molecule has 1 aromatic carbocycles. The average Bonchev–Trinajstić information content (AvgIpc) is 2.97. The van der Waals surface area contributed by atoms with E-state index in [9.17, 15) is 4.79 Å². The van der Waals surface area contributed by atoms with E-state index in [-0.39, 0.29) is 5.69 Å². The molecular weight excluding hydrogens is 254 g/mol. The van der Waals surface area contributed by atoms with Gasteiger partial charge in [0.2, 0.25) is 5.88 Å². The van der Waals surface area contributed by atoms with Gasteiger partial charge >= 0.3 is 5.97 Å². The Morgan fingerprint density at radius 2 is 2.05 bits per heavy atom. The van der Waals surface area contributed by atoms with Crippen molar-refractivity contribution < 1.29 is 14.6 Å². The van der Waals surface area contributed by atoms with Crippen LogP contribution in [0.2, 0.25) is 0 Å². The number of benzene rings is 1. The molecule has 1 aliphatic rings. The minimum atomic E-state index is -1.03. The Labute approximate surface area is 117 Å². The molecule has 4 heteroatoms. The van der Waals surface area contributed by atoms with Gasteiger partial charge in [-0.25, -0.2) is 9.78 Å². The monoisotopic (exact) mass is 271 g/mol. The smallest absolute Gasteiger partial charge is 0.354 e. The van der Waals surface area contributed by atoms with Gasteiger partial charge in [-0.15, -0.1) is 0 Å². The molecule has 20 heavy (non-hydrogen) atoms. The number of ether oxygens (including phenoxy) is 1. The summed E-state index contributed by atoms with van der Waals surface area (Å²) >= 11 is 0. The van der Waals surface area contributed by atoms with Crippen molar-refractivity contribution in [2.45, 2.75) is 25.7 Å². The molecule has 1 aromatic heterocycles. The van der Waals surface area contributed by atoms with Crippen molar-refractivity contribution >= 4 is 16.7 Å². The number of fused-ring (bicyclic) bond motifs is 1. The van der Waals surface area contributed by atoms with Crippen LogP contribution in [0.25, 0.3) is 10.8 Å². The summed E-state index contributed by atoms with van der Waals surface area (Å²) in [5.74, 6) is -0.0158. The van der Waals surface area contributed by atoms with Gasteiger partial charge in [0, 0.05) is 5.39 Å². The van der Waals surface area contributed by atoms with Crippen LogP contribution >= 0.6 is 0 Å². The highest BCUT2D eigenvalue weighted by Gasteiger charge is 2.17. The van der Waals surface area contributed by atoms with Crippen molar-refractivity contribution in [1.82, 2.24) is 4.98 Å². The van der Waals surface area contributed by atoms with Crippen LogP contribution in [0.5, 0.6) is 5.88 Å². The number of carbonyl (C=O) groups is 1. The maximum Gasteiger partial charge on any atom is 0.354 e. The van der Waals surface area contributed by atoms with E-state index in [1.165, 1.54) is 25.7 Å². The van der Waals surface area contributed by atoms with E-state index >= 15 is 0 Å². The first-order chi connectivity index (χ1) is 9.74. The lowest BCUT2D eigenvalue weighted by molar-refractivity contribution is 0.0689. The molecule has 0 bridgehead atoms. The fraction of sp³-hybridized carbons (Fsp3) is 0.375. The first kappa shape index (κ1) is 12.9. The molecule has 0 atom stereocenters.